The average molecular weight is 571 g/mol. The number of carbonyl (C=O) groups excluding carboxylic acids is 1. The van der Waals surface area contributed by atoms with E-state index in [0.717, 1.165) is 27.8 Å². The molecule has 1 aliphatic rings. The van der Waals surface area contributed by atoms with E-state index in [1.54, 1.807) is 16.8 Å². The van der Waals surface area contributed by atoms with Gasteiger partial charge in [-0.1, -0.05) is 23.2 Å². The van der Waals surface area contributed by atoms with Gasteiger partial charge in [-0.05, 0) is 91.6 Å². The summed E-state index contributed by atoms with van der Waals surface area (Å²) in [5.74, 6) is 0.145. The van der Waals surface area contributed by atoms with E-state index in [9.17, 15) is 4.79 Å². The minimum atomic E-state index is -0.383. The van der Waals surface area contributed by atoms with Gasteiger partial charge in [0.15, 0.2) is 0 Å². The number of amides is 1. The molecule has 1 aliphatic carbocycles. The van der Waals surface area contributed by atoms with Crippen LogP contribution in [0.5, 0.6) is 0 Å². The zero-order chi connectivity index (χ0) is 22.1. The second-order valence-corrected chi connectivity index (χ2v) is 9.68. The van der Waals surface area contributed by atoms with E-state index in [4.69, 9.17) is 28.0 Å². The van der Waals surface area contributed by atoms with Crippen molar-refractivity contribution in [1.82, 2.24) is 15.3 Å². The Bertz CT molecular complexity index is 1140. The van der Waals surface area contributed by atoms with E-state index in [-0.39, 0.29) is 5.91 Å². The number of benzene rings is 2. The molecule has 0 unspecified atom stereocenters. The Kier molecular flexibility index (Phi) is 6.76. The van der Waals surface area contributed by atoms with Crippen LogP contribution in [-0.2, 0) is 4.84 Å². The van der Waals surface area contributed by atoms with Crippen molar-refractivity contribution in [2.45, 2.75) is 26.7 Å². The zero-order valence-corrected chi connectivity index (χ0v) is 20.7. The first-order valence-corrected chi connectivity index (χ1v) is 11.7. The molecule has 2 N–H and O–H groups in total. The highest BCUT2D eigenvalue weighted by atomic mass is 127. The van der Waals surface area contributed by atoms with Crippen molar-refractivity contribution < 1.29 is 9.63 Å². The summed E-state index contributed by atoms with van der Waals surface area (Å²) in [4.78, 5) is 18.3. The third-order valence-electron chi connectivity index (χ3n) is 4.95. The van der Waals surface area contributed by atoms with Gasteiger partial charge in [0, 0.05) is 9.26 Å². The van der Waals surface area contributed by atoms with Crippen LogP contribution in [0.4, 0.5) is 11.4 Å². The smallest absolute Gasteiger partial charge is 0.277 e. The Morgan fingerprint density at radius 3 is 2.58 bits per heavy atom. The van der Waals surface area contributed by atoms with Gasteiger partial charge in [0.05, 0.1) is 45.0 Å². The van der Waals surface area contributed by atoms with Crippen LogP contribution >= 0.6 is 45.8 Å². The second-order valence-electron chi connectivity index (χ2n) is 7.62. The molecule has 1 fully saturated rings. The van der Waals surface area contributed by atoms with Crippen LogP contribution in [0.3, 0.4) is 0 Å². The molecule has 162 valence electrons. The standard InChI is InChI=1S/C22H21Cl2IN4O2/c1-12-7-13(2)29(27-12)21-10-20(26-19-6-5-15(25)8-17(19)23)16(9-18(21)24)22(30)28-31-11-14-3-4-14/h5-10,14,26H,3-4,11H2,1-2H3,(H,28,30). The van der Waals surface area contributed by atoms with Crippen LogP contribution in [0.1, 0.15) is 34.6 Å². The van der Waals surface area contributed by atoms with Crippen LogP contribution in [0.25, 0.3) is 5.69 Å². The predicted octanol–water partition coefficient (Wildman–Crippen LogP) is 6.22. The molecule has 1 saturated carbocycles. The maximum Gasteiger partial charge on any atom is 0.277 e. The van der Waals surface area contributed by atoms with Gasteiger partial charge in [0.1, 0.15) is 0 Å². The largest absolute Gasteiger partial charge is 0.354 e. The van der Waals surface area contributed by atoms with Gasteiger partial charge in [0.2, 0.25) is 0 Å². The monoisotopic (exact) mass is 570 g/mol. The number of nitrogens with zero attached hydrogens (tertiary/aromatic N) is 2. The van der Waals surface area contributed by atoms with E-state index in [1.807, 2.05) is 38.1 Å². The first-order chi connectivity index (χ1) is 14.8. The van der Waals surface area contributed by atoms with E-state index in [2.05, 4.69) is 38.5 Å². The van der Waals surface area contributed by atoms with Gasteiger partial charge in [-0.3, -0.25) is 9.63 Å². The van der Waals surface area contributed by atoms with Gasteiger partial charge in [-0.15, -0.1) is 0 Å². The number of carbonyl (C=O) groups is 1. The SMILES string of the molecule is Cc1cc(C)n(-c2cc(Nc3ccc(I)cc3Cl)c(C(=O)NOCC3CC3)cc2Cl)n1. The molecule has 3 aromatic rings. The Morgan fingerprint density at radius 2 is 1.94 bits per heavy atom. The van der Waals surface area contributed by atoms with Crippen LogP contribution in [0.2, 0.25) is 10.0 Å². The number of hydrogen-bond donors (Lipinski definition) is 2. The lowest BCUT2D eigenvalue weighted by molar-refractivity contribution is 0.0271. The number of halogens is 3. The summed E-state index contributed by atoms with van der Waals surface area (Å²) in [7, 11) is 0. The summed E-state index contributed by atoms with van der Waals surface area (Å²) in [6.07, 6.45) is 2.27. The molecule has 0 bridgehead atoms. The lowest BCUT2D eigenvalue weighted by Gasteiger charge is -2.17. The summed E-state index contributed by atoms with van der Waals surface area (Å²) >= 11 is 15.2. The average Bonchev–Trinajstić information content (AvgIpc) is 3.47. The van der Waals surface area contributed by atoms with Crippen LogP contribution in [-0.4, -0.2) is 22.3 Å². The lowest BCUT2D eigenvalue weighted by Crippen LogP contribution is -2.25. The molecule has 2 aromatic carbocycles. The summed E-state index contributed by atoms with van der Waals surface area (Å²) in [6, 6.07) is 11.0. The van der Waals surface area contributed by atoms with Crippen molar-refractivity contribution in [2.24, 2.45) is 5.92 Å². The molecule has 9 heteroatoms. The molecule has 1 aromatic heterocycles. The number of aryl methyl sites for hydroxylation is 2. The maximum absolute atomic E-state index is 12.9. The highest BCUT2D eigenvalue weighted by molar-refractivity contribution is 14.1. The van der Waals surface area contributed by atoms with Crippen LogP contribution in [0, 0.1) is 23.3 Å². The quantitative estimate of drug-likeness (QED) is 0.261. The van der Waals surface area contributed by atoms with Gasteiger partial charge in [-0.2, -0.15) is 5.10 Å². The van der Waals surface area contributed by atoms with Gasteiger partial charge in [0.25, 0.3) is 5.91 Å². The maximum atomic E-state index is 12.9. The summed E-state index contributed by atoms with van der Waals surface area (Å²) in [5, 5.41) is 8.74. The fraction of sp³-hybridized carbons (Fsp3) is 0.273. The minimum absolute atomic E-state index is 0.348. The summed E-state index contributed by atoms with van der Waals surface area (Å²) < 4.78 is 2.77. The molecule has 0 atom stereocenters. The molecule has 1 heterocycles. The Hall–Kier alpha value is -1.81. The Labute approximate surface area is 204 Å². The van der Waals surface area contributed by atoms with Crippen LogP contribution in [0.15, 0.2) is 36.4 Å². The molecule has 6 nitrogen and oxygen atoms in total. The van der Waals surface area contributed by atoms with Crippen molar-refractivity contribution in [2.75, 3.05) is 11.9 Å². The molecule has 0 radical (unpaired) electrons. The van der Waals surface area contributed by atoms with E-state index < -0.39 is 0 Å². The topological polar surface area (TPSA) is 68.2 Å². The number of hydroxylamine groups is 1. The molecule has 0 aliphatic heterocycles. The second kappa shape index (κ2) is 9.36. The number of rotatable bonds is 7. The highest BCUT2D eigenvalue weighted by Crippen LogP contribution is 2.34. The Morgan fingerprint density at radius 1 is 1.16 bits per heavy atom. The van der Waals surface area contributed by atoms with Crippen molar-refractivity contribution in [1.29, 1.82) is 0 Å². The molecule has 0 spiro atoms. The molecular weight excluding hydrogens is 550 g/mol. The lowest BCUT2D eigenvalue weighted by atomic mass is 10.1. The number of anilines is 2. The molecule has 4 rings (SSSR count). The van der Waals surface area contributed by atoms with Crippen molar-refractivity contribution >= 4 is 63.1 Å². The highest BCUT2D eigenvalue weighted by Gasteiger charge is 2.23. The fourth-order valence-electron chi connectivity index (χ4n) is 3.19. The fourth-order valence-corrected chi connectivity index (χ4v) is 4.34. The number of aromatic nitrogens is 2. The van der Waals surface area contributed by atoms with Gasteiger partial charge < -0.3 is 5.32 Å². The predicted molar refractivity (Wildman–Crippen MR) is 132 cm³/mol. The third kappa shape index (κ3) is 5.34. The van der Waals surface area contributed by atoms with Crippen molar-refractivity contribution in [3.63, 3.8) is 0 Å². The number of nitrogens with one attached hydrogen (secondary N) is 2. The van der Waals surface area contributed by atoms with Crippen molar-refractivity contribution in [3.05, 3.63) is 67.0 Å². The normalized spacial score (nSPS) is 13.3. The minimum Gasteiger partial charge on any atom is -0.354 e. The van der Waals surface area contributed by atoms with E-state index in [0.29, 0.717) is 45.2 Å². The molecule has 31 heavy (non-hydrogen) atoms. The van der Waals surface area contributed by atoms with Gasteiger partial charge in [-0.25, -0.2) is 10.2 Å². The number of hydrogen-bond acceptors (Lipinski definition) is 4. The zero-order valence-electron chi connectivity index (χ0n) is 17.0. The molecular formula is C22H21Cl2IN4O2. The summed E-state index contributed by atoms with van der Waals surface area (Å²) in [6.45, 7) is 4.38. The third-order valence-corrected chi connectivity index (χ3v) is 6.24. The van der Waals surface area contributed by atoms with E-state index >= 15 is 0 Å². The summed E-state index contributed by atoms with van der Waals surface area (Å²) in [5.41, 5.74) is 6.56. The van der Waals surface area contributed by atoms with Crippen molar-refractivity contribution in [3.8, 4) is 5.69 Å². The Balaban J connectivity index is 1.72. The van der Waals surface area contributed by atoms with Crippen LogP contribution < -0.4 is 10.8 Å². The molecule has 1 amide bonds. The molecule has 0 saturated heterocycles. The first-order valence-electron chi connectivity index (χ1n) is 9.83. The van der Waals surface area contributed by atoms with Gasteiger partial charge >= 0.3 is 0 Å². The first kappa shape index (κ1) is 22.4. The van der Waals surface area contributed by atoms with E-state index in [1.165, 1.54) is 0 Å².